The molecule has 33 heavy (non-hydrogen) atoms. The molecule has 0 aromatic carbocycles. The van der Waals surface area contributed by atoms with Crippen molar-refractivity contribution in [1.29, 1.82) is 5.26 Å². The van der Waals surface area contributed by atoms with Crippen molar-refractivity contribution in [2.24, 2.45) is 11.8 Å². The monoisotopic (exact) mass is 453 g/mol. The van der Waals surface area contributed by atoms with Gasteiger partial charge in [0.2, 0.25) is 11.5 Å². The lowest BCUT2D eigenvalue weighted by atomic mass is 10.1. The molecule has 2 aromatic rings. The first-order valence-corrected chi connectivity index (χ1v) is 11.3. The van der Waals surface area contributed by atoms with E-state index < -0.39 is 11.5 Å². The molecule has 1 saturated heterocycles. The number of rotatable bonds is 6. The average molecular weight is 454 g/mol. The van der Waals surface area contributed by atoms with E-state index in [1.165, 1.54) is 10.6 Å². The third kappa shape index (κ3) is 4.35. The lowest BCUT2D eigenvalue weighted by Gasteiger charge is -2.12. The van der Waals surface area contributed by atoms with E-state index in [0.717, 1.165) is 12.8 Å². The first-order valence-electron chi connectivity index (χ1n) is 11.3. The Balaban J connectivity index is 1.78. The van der Waals surface area contributed by atoms with Gasteiger partial charge in [-0.1, -0.05) is 18.4 Å². The number of aromatic amines is 1. The fourth-order valence-electron chi connectivity index (χ4n) is 4.17. The van der Waals surface area contributed by atoms with Crippen LogP contribution < -0.4 is 15.4 Å². The van der Waals surface area contributed by atoms with Crippen molar-refractivity contribution >= 4 is 23.5 Å². The van der Waals surface area contributed by atoms with Gasteiger partial charge in [-0.05, 0) is 38.2 Å². The summed E-state index contributed by atoms with van der Waals surface area (Å²) in [4.78, 5) is 40.2. The van der Waals surface area contributed by atoms with Crippen LogP contribution in [-0.2, 0) is 11.3 Å². The molecule has 1 aliphatic carbocycles. The third-order valence-electron chi connectivity index (χ3n) is 6.05. The summed E-state index contributed by atoms with van der Waals surface area (Å²) >= 11 is 0. The summed E-state index contributed by atoms with van der Waals surface area (Å²) in [6, 6.07) is 2.23. The van der Waals surface area contributed by atoms with E-state index in [-0.39, 0.29) is 35.2 Å². The number of hydrogen-bond donors (Lipinski definition) is 3. The number of hydrogen-bond acceptors (Lipinski definition) is 5. The van der Waals surface area contributed by atoms with Crippen LogP contribution in [0.15, 0.2) is 10.9 Å². The van der Waals surface area contributed by atoms with Crippen LogP contribution in [0.2, 0.25) is 0 Å². The number of aromatic nitrogens is 3. The summed E-state index contributed by atoms with van der Waals surface area (Å²) in [7, 11) is 0. The molecule has 2 amide bonds. The quantitative estimate of drug-likeness (QED) is 0.441. The standard InChI is InChI=1S/C23H28N6O4/c1-13(2)11-28-21-17(6-7-18(30)27-9-8-15(10-24)12-27)14(3)26-29(21)23(33)19(22(28)32)20(31)25-16-4-5-16/h6-7,13,15-16H,4-5,8-9,11-12H2,1-3H3,(H2,25,31,32,33)/p+1/b7-6+/t15-/m1/s1. The molecule has 10 nitrogen and oxygen atoms in total. The number of carbonyl (C=O) groups excluding carboxylic acids is 2. The lowest BCUT2D eigenvalue weighted by molar-refractivity contribution is -0.686. The van der Waals surface area contributed by atoms with Crippen LogP contribution in [0.4, 0.5) is 0 Å². The molecule has 1 atom stereocenters. The number of fused-ring (bicyclic) bond motifs is 1. The molecular weight excluding hydrogens is 424 g/mol. The molecule has 10 heteroatoms. The molecular formula is C23H29N6O4+. The van der Waals surface area contributed by atoms with Gasteiger partial charge in [-0.3, -0.25) is 9.59 Å². The molecule has 0 bridgehead atoms. The van der Waals surface area contributed by atoms with E-state index in [4.69, 9.17) is 5.26 Å². The highest BCUT2D eigenvalue weighted by molar-refractivity contribution is 5.96. The summed E-state index contributed by atoms with van der Waals surface area (Å²) in [5, 5.41) is 25.8. The number of amides is 2. The van der Waals surface area contributed by atoms with Crippen LogP contribution in [0.1, 0.15) is 54.7 Å². The second-order valence-electron chi connectivity index (χ2n) is 9.30. The molecule has 2 aromatic heterocycles. The van der Waals surface area contributed by atoms with Crippen molar-refractivity contribution in [3.8, 4) is 11.9 Å². The predicted molar refractivity (Wildman–Crippen MR) is 119 cm³/mol. The van der Waals surface area contributed by atoms with E-state index in [1.54, 1.807) is 22.5 Å². The number of aryl methyl sites for hydroxylation is 1. The van der Waals surface area contributed by atoms with Crippen LogP contribution in [0.5, 0.6) is 5.88 Å². The molecule has 3 heterocycles. The van der Waals surface area contributed by atoms with Crippen LogP contribution in [0, 0.1) is 30.1 Å². The number of carbonyl (C=O) groups is 2. The molecule has 1 saturated carbocycles. The van der Waals surface area contributed by atoms with Crippen LogP contribution in [0.25, 0.3) is 11.7 Å². The number of nitrogens with zero attached hydrogens (tertiary/aromatic N) is 4. The van der Waals surface area contributed by atoms with Gasteiger partial charge in [-0.2, -0.15) is 9.83 Å². The van der Waals surface area contributed by atoms with Gasteiger partial charge >= 0.3 is 17.1 Å². The molecule has 0 unspecified atom stereocenters. The number of nitriles is 1. The first kappa shape index (κ1) is 22.6. The summed E-state index contributed by atoms with van der Waals surface area (Å²) in [5.74, 6) is -1.23. The zero-order valence-electron chi connectivity index (χ0n) is 19.1. The van der Waals surface area contributed by atoms with Crippen LogP contribution >= 0.6 is 0 Å². The van der Waals surface area contributed by atoms with Crippen LogP contribution in [-0.4, -0.2) is 50.6 Å². The molecule has 4 rings (SSSR count). The summed E-state index contributed by atoms with van der Waals surface area (Å²) in [6.07, 6.45) is 5.41. The lowest BCUT2D eigenvalue weighted by Crippen LogP contribution is -2.46. The fraction of sp³-hybridized carbons (Fsp3) is 0.522. The van der Waals surface area contributed by atoms with E-state index in [2.05, 4.69) is 16.5 Å². The van der Waals surface area contributed by atoms with Crippen molar-refractivity contribution < 1.29 is 19.3 Å². The smallest absolute Gasteiger partial charge is 0.378 e. The Morgan fingerprint density at radius 2 is 2.09 bits per heavy atom. The SMILES string of the molecule is Cc1[nH]n2c(=O)c(C(=O)NC3CC3)c(O)[n+](CC(C)C)c2c1/C=C/C(=O)N1CC[C@H](C#N)C1. The Morgan fingerprint density at radius 3 is 2.70 bits per heavy atom. The van der Waals surface area contributed by atoms with Gasteiger partial charge in [-0.25, -0.2) is 9.89 Å². The number of likely N-dealkylation sites (tertiary alicyclic amines) is 1. The normalized spacial score (nSPS) is 18.4. The molecule has 0 radical (unpaired) electrons. The Kier molecular flexibility index (Phi) is 5.97. The zero-order chi connectivity index (χ0) is 23.9. The molecule has 2 fully saturated rings. The van der Waals surface area contributed by atoms with Crippen molar-refractivity contribution in [3.63, 3.8) is 0 Å². The van der Waals surface area contributed by atoms with Crippen molar-refractivity contribution in [2.75, 3.05) is 13.1 Å². The molecule has 1 aliphatic heterocycles. The van der Waals surface area contributed by atoms with Gasteiger partial charge in [0.05, 0.1) is 29.8 Å². The second-order valence-corrected chi connectivity index (χ2v) is 9.30. The maximum Gasteiger partial charge on any atom is 0.378 e. The summed E-state index contributed by atoms with van der Waals surface area (Å²) < 4.78 is 2.80. The Bertz CT molecular complexity index is 1240. The predicted octanol–water partition coefficient (Wildman–Crippen LogP) is 0.863. The number of aromatic hydroxyl groups is 1. The van der Waals surface area contributed by atoms with Crippen molar-refractivity contribution in [1.82, 2.24) is 19.8 Å². The largest absolute Gasteiger partial charge is 0.477 e. The Hall–Kier alpha value is -3.61. The maximum atomic E-state index is 13.2. The maximum absolute atomic E-state index is 13.2. The van der Waals surface area contributed by atoms with E-state index >= 15 is 0 Å². The van der Waals surface area contributed by atoms with Gasteiger partial charge in [0.25, 0.3) is 5.91 Å². The van der Waals surface area contributed by atoms with Gasteiger partial charge in [-0.15, -0.1) is 0 Å². The van der Waals surface area contributed by atoms with Gasteiger partial charge < -0.3 is 15.3 Å². The summed E-state index contributed by atoms with van der Waals surface area (Å²) in [5.41, 5.74) is 0.622. The summed E-state index contributed by atoms with van der Waals surface area (Å²) in [6.45, 7) is 6.99. The molecule has 0 spiro atoms. The fourth-order valence-corrected chi connectivity index (χ4v) is 4.17. The van der Waals surface area contributed by atoms with Crippen LogP contribution in [0.3, 0.4) is 0 Å². The van der Waals surface area contributed by atoms with Crippen molar-refractivity contribution in [3.05, 3.63) is 33.3 Å². The van der Waals surface area contributed by atoms with E-state index in [9.17, 15) is 19.5 Å². The van der Waals surface area contributed by atoms with E-state index in [0.29, 0.717) is 43.0 Å². The highest BCUT2D eigenvalue weighted by Crippen LogP contribution is 2.22. The first-order chi connectivity index (χ1) is 15.7. The van der Waals surface area contributed by atoms with E-state index in [1.807, 2.05) is 13.8 Å². The Labute approximate surface area is 191 Å². The van der Waals surface area contributed by atoms with Gasteiger partial charge in [0.1, 0.15) is 0 Å². The zero-order valence-corrected chi connectivity index (χ0v) is 19.1. The highest BCUT2D eigenvalue weighted by atomic mass is 16.3. The minimum absolute atomic E-state index is 0.0386. The third-order valence-corrected chi connectivity index (χ3v) is 6.05. The molecule has 2 aliphatic rings. The highest BCUT2D eigenvalue weighted by Gasteiger charge is 2.35. The van der Waals surface area contributed by atoms with Gasteiger partial charge in [0, 0.05) is 25.2 Å². The Morgan fingerprint density at radius 1 is 1.36 bits per heavy atom. The molecule has 174 valence electrons. The number of H-pyrrole nitrogens is 1. The second kappa shape index (κ2) is 8.73. The van der Waals surface area contributed by atoms with Crippen molar-refractivity contribution in [2.45, 2.75) is 52.6 Å². The average Bonchev–Trinajstić information content (AvgIpc) is 3.32. The van der Waals surface area contributed by atoms with Gasteiger partial charge in [0.15, 0.2) is 0 Å². The topological polar surface area (TPSA) is 135 Å². The molecule has 3 N–H and O–H groups in total. The minimum Gasteiger partial charge on any atom is -0.477 e. The number of nitrogens with one attached hydrogen (secondary N) is 2. The minimum atomic E-state index is -0.647.